The minimum absolute atomic E-state index is 0.0880. The Hall–Kier alpha value is -3.20. The normalized spacial score (nSPS) is 21.0. The summed E-state index contributed by atoms with van der Waals surface area (Å²) in [5.74, 6) is 1.42. The minimum atomic E-state index is -3.60. The number of aliphatic imine (C=N–C) groups is 1. The number of fused-ring (bicyclic) bond motifs is 3. The molecule has 2 N–H and O–H groups in total. The number of nitrogens with one attached hydrogen (secondary N) is 1. The standard InChI is InChI=1S/C29H32N2O5S/c1-18-4-11-22(12-5-18)37(33,34)30-17-19-6-8-20(9-7-19)29-25-16-28(36-3)27(35-2)15-23(25)24-14-21(32)10-13-26(24)31-29/h4-9,11-12,15-16,21,24,26,30,32H,10,13-14,17H2,1-3H3. The van der Waals surface area contributed by atoms with Gasteiger partial charge in [0.25, 0.3) is 0 Å². The third kappa shape index (κ3) is 5.14. The molecule has 2 aliphatic rings. The Bertz CT molecular complexity index is 1420. The zero-order valence-electron chi connectivity index (χ0n) is 21.3. The summed E-state index contributed by atoms with van der Waals surface area (Å²) in [6.07, 6.45) is 1.90. The first kappa shape index (κ1) is 25.4. The monoisotopic (exact) mass is 520 g/mol. The van der Waals surface area contributed by atoms with Crippen LogP contribution in [0, 0.1) is 6.92 Å². The molecule has 3 atom stereocenters. The lowest BCUT2D eigenvalue weighted by atomic mass is 9.74. The Morgan fingerprint density at radius 1 is 0.973 bits per heavy atom. The van der Waals surface area contributed by atoms with Gasteiger partial charge in [0.05, 0.1) is 37.0 Å². The van der Waals surface area contributed by atoms with E-state index in [4.69, 9.17) is 14.5 Å². The molecule has 1 aliphatic carbocycles. The fraction of sp³-hybridized carbons (Fsp3) is 0.345. The molecule has 1 aliphatic heterocycles. The van der Waals surface area contributed by atoms with Crippen molar-refractivity contribution in [3.05, 3.63) is 88.5 Å². The van der Waals surface area contributed by atoms with Gasteiger partial charge in [-0.25, -0.2) is 13.1 Å². The second-order valence-electron chi connectivity index (χ2n) is 9.75. The average molecular weight is 521 g/mol. The maximum absolute atomic E-state index is 12.7. The second kappa shape index (κ2) is 10.3. The lowest BCUT2D eigenvalue weighted by molar-refractivity contribution is 0.111. The van der Waals surface area contributed by atoms with E-state index in [1.165, 1.54) is 0 Å². The van der Waals surface area contributed by atoms with Gasteiger partial charge in [0.1, 0.15) is 0 Å². The van der Waals surface area contributed by atoms with Crippen LogP contribution in [0.4, 0.5) is 0 Å². The van der Waals surface area contributed by atoms with Gasteiger partial charge in [0.2, 0.25) is 10.0 Å². The maximum atomic E-state index is 12.7. The number of hydrogen-bond donors (Lipinski definition) is 2. The molecule has 3 aromatic rings. The van der Waals surface area contributed by atoms with E-state index < -0.39 is 10.0 Å². The van der Waals surface area contributed by atoms with Crippen LogP contribution < -0.4 is 14.2 Å². The summed E-state index contributed by atoms with van der Waals surface area (Å²) in [7, 11) is -0.357. The molecule has 0 saturated heterocycles. The van der Waals surface area contributed by atoms with Crippen molar-refractivity contribution < 1.29 is 23.0 Å². The van der Waals surface area contributed by atoms with Gasteiger partial charge in [-0.1, -0.05) is 42.0 Å². The van der Waals surface area contributed by atoms with Crippen LogP contribution in [0.2, 0.25) is 0 Å². The minimum Gasteiger partial charge on any atom is -0.493 e. The van der Waals surface area contributed by atoms with Crippen LogP contribution >= 0.6 is 0 Å². The Labute approximate surface area is 218 Å². The van der Waals surface area contributed by atoms with Crippen molar-refractivity contribution in [1.82, 2.24) is 4.72 Å². The number of rotatable bonds is 7. The van der Waals surface area contributed by atoms with Gasteiger partial charge in [0.15, 0.2) is 11.5 Å². The van der Waals surface area contributed by atoms with E-state index in [2.05, 4.69) is 4.72 Å². The number of ether oxygens (including phenoxy) is 2. The van der Waals surface area contributed by atoms with Crippen LogP contribution in [0.25, 0.3) is 0 Å². The van der Waals surface area contributed by atoms with Gasteiger partial charge in [-0.3, -0.25) is 4.99 Å². The van der Waals surface area contributed by atoms with Crippen LogP contribution in [0.5, 0.6) is 11.5 Å². The van der Waals surface area contributed by atoms with Gasteiger partial charge >= 0.3 is 0 Å². The predicted molar refractivity (Wildman–Crippen MR) is 143 cm³/mol. The lowest BCUT2D eigenvalue weighted by Gasteiger charge is -2.37. The molecule has 0 radical (unpaired) electrons. The highest BCUT2D eigenvalue weighted by Crippen LogP contribution is 2.44. The Morgan fingerprint density at radius 3 is 2.32 bits per heavy atom. The van der Waals surface area contributed by atoms with Crippen molar-refractivity contribution in [2.75, 3.05) is 14.2 Å². The molecular weight excluding hydrogens is 488 g/mol. The summed E-state index contributed by atoms with van der Waals surface area (Å²) in [5, 5.41) is 10.4. The van der Waals surface area contributed by atoms with Crippen LogP contribution in [-0.4, -0.2) is 45.6 Å². The average Bonchev–Trinajstić information content (AvgIpc) is 2.91. The first-order valence-corrected chi connectivity index (χ1v) is 13.9. The molecule has 0 spiro atoms. The molecule has 1 heterocycles. The van der Waals surface area contributed by atoms with E-state index in [0.29, 0.717) is 17.9 Å². The molecule has 3 aromatic carbocycles. The summed E-state index contributed by atoms with van der Waals surface area (Å²) >= 11 is 0. The summed E-state index contributed by atoms with van der Waals surface area (Å²) in [5.41, 5.74) is 5.77. The molecule has 8 heteroatoms. The van der Waals surface area contributed by atoms with E-state index in [1.807, 2.05) is 43.3 Å². The fourth-order valence-electron chi connectivity index (χ4n) is 5.25. The maximum Gasteiger partial charge on any atom is 0.240 e. The molecule has 7 nitrogen and oxygen atoms in total. The number of nitrogens with zero attached hydrogens (tertiary/aromatic N) is 1. The van der Waals surface area contributed by atoms with Gasteiger partial charge in [-0.15, -0.1) is 0 Å². The molecule has 0 amide bonds. The SMILES string of the molecule is COc1cc2c(cc1OC)C1CC(O)CCC1N=C2c1ccc(CNS(=O)(=O)c2ccc(C)cc2)cc1. The number of hydrogen-bond acceptors (Lipinski definition) is 6. The number of benzene rings is 3. The largest absolute Gasteiger partial charge is 0.493 e. The van der Waals surface area contributed by atoms with E-state index in [0.717, 1.165) is 46.4 Å². The number of aryl methyl sites for hydroxylation is 1. The molecule has 194 valence electrons. The fourth-order valence-corrected chi connectivity index (χ4v) is 6.27. The zero-order chi connectivity index (χ0) is 26.2. The highest BCUT2D eigenvalue weighted by atomic mass is 32.2. The summed E-state index contributed by atoms with van der Waals surface area (Å²) in [4.78, 5) is 5.39. The molecule has 0 aromatic heterocycles. The van der Waals surface area contributed by atoms with E-state index >= 15 is 0 Å². The Kier molecular flexibility index (Phi) is 7.07. The predicted octanol–water partition coefficient (Wildman–Crippen LogP) is 4.34. The highest BCUT2D eigenvalue weighted by molar-refractivity contribution is 7.89. The second-order valence-corrected chi connectivity index (χ2v) is 11.5. The quantitative estimate of drug-likeness (QED) is 0.483. The third-order valence-corrected chi connectivity index (χ3v) is 8.73. The number of aliphatic hydroxyl groups excluding tert-OH is 1. The molecule has 37 heavy (non-hydrogen) atoms. The molecular formula is C29H32N2O5S. The first-order chi connectivity index (χ1) is 17.8. The summed E-state index contributed by atoms with van der Waals surface area (Å²) in [6.45, 7) is 2.11. The zero-order valence-corrected chi connectivity index (χ0v) is 22.1. The summed E-state index contributed by atoms with van der Waals surface area (Å²) < 4.78 is 39.2. The Balaban J connectivity index is 1.42. The van der Waals surface area contributed by atoms with Gasteiger partial charge < -0.3 is 14.6 Å². The van der Waals surface area contributed by atoms with Crippen LogP contribution in [-0.2, 0) is 16.6 Å². The topological polar surface area (TPSA) is 97.2 Å². The van der Waals surface area contributed by atoms with Crippen molar-refractivity contribution >= 4 is 15.7 Å². The Morgan fingerprint density at radius 2 is 1.65 bits per heavy atom. The smallest absolute Gasteiger partial charge is 0.240 e. The van der Waals surface area contributed by atoms with Crippen molar-refractivity contribution in [2.45, 2.75) is 55.7 Å². The number of methoxy groups -OCH3 is 2. The van der Waals surface area contributed by atoms with Crippen molar-refractivity contribution in [3.63, 3.8) is 0 Å². The molecule has 3 unspecified atom stereocenters. The highest BCUT2D eigenvalue weighted by Gasteiger charge is 2.37. The molecule has 5 rings (SSSR count). The van der Waals surface area contributed by atoms with E-state index in [1.54, 1.807) is 38.5 Å². The molecule has 1 fully saturated rings. The third-order valence-electron chi connectivity index (χ3n) is 7.32. The molecule has 0 bridgehead atoms. The van der Waals surface area contributed by atoms with E-state index in [-0.39, 0.29) is 29.5 Å². The van der Waals surface area contributed by atoms with Gasteiger partial charge in [-0.2, -0.15) is 0 Å². The van der Waals surface area contributed by atoms with Crippen LogP contribution in [0.15, 0.2) is 70.6 Å². The first-order valence-electron chi connectivity index (χ1n) is 12.5. The molecule has 1 saturated carbocycles. The van der Waals surface area contributed by atoms with Gasteiger partial charge in [-0.05, 0) is 61.6 Å². The summed E-state index contributed by atoms with van der Waals surface area (Å²) in [6, 6.07) is 18.7. The van der Waals surface area contributed by atoms with Crippen molar-refractivity contribution in [3.8, 4) is 11.5 Å². The lowest BCUT2D eigenvalue weighted by Crippen LogP contribution is -2.34. The van der Waals surface area contributed by atoms with Crippen LogP contribution in [0.3, 0.4) is 0 Å². The van der Waals surface area contributed by atoms with Crippen molar-refractivity contribution in [1.29, 1.82) is 0 Å². The van der Waals surface area contributed by atoms with Crippen LogP contribution in [0.1, 0.15) is 53.0 Å². The number of aliphatic hydroxyl groups is 1. The van der Waals surface area contributed by atoms with Gasteiger partial charge in [0, 0.05) is 23.6 Å². The van der Waals surface area contributed by atoms with E-state index in [9.17, 15) is 13.5 Å². The van der Waals surface area contributed by atoms with Crippen molar-refractivity contribution in [2.24, 2.45) is 4.99 Å². The number of sulfonamides is 1.